The van der Waals surface area contributed by atoms with Crippen molar-refractivity contribution in [2.24, 2.45) is 0 Å². The van der Waals surface area contributed by atoms with E-state index < -0.39 is 0 Å². The van der Waals surface area contributed by atoms with Gasteiger partial charge >= 0.3 is 0 Å². The molecule has 0 aliphatic rings. The van der Waals surface area contributed by atoms with Gasteiger partial charge in [0.15, 0.2) is 17.5 Å². The summed E-state index contributed by atoms with van der Waals surface area (Å²) in [6.07, 6.45) is 0. The van der Waals surface area contributed by atoms with E-state index in [4.69, 9.17) is 23.8 Å². The van der Waals surface area contributed by atoms with E-state index in [1.807, 2.05) is 48.5 Å². The Kier molecular flexibility index (Phi) is 6.56. The average Bonchev–Trinajstić information content (AvgIpc) is 3.84. The molecule has 0 aliphatic heterocycles. The third-order valence-electron chi connectivity index (χ3n) is 11.1. The molecule has 3 heterocycles. The van der Waals surface area contributed by atoms with Gasteiger partial charge in [0.25, 0.3) is 0 Å². The smallest absolute Gasteiger partial charge is 0.164 e. The zero-order chi connectivity index (χ0) is 36.7. The first-order chi connectivity index (χ1) is 27.7. The summed E-state index contributed by atoms with van der Waals surface area (Å²) in [5.41, 5.74) is 7.98. The predicted octanol–water partition coefficient (Wildman–Crippen LogP) is 13.8. The molecule has 0 aliphatic carbocycles. The Bertz CT molecular complexity index is 3550. The molecule has 5 heteroatoms. The zero-order valence-electron chi connectivity index (χ0n) is 29.9. The summed E-state index contributed by atoms with van der Waals surface area (Å²) in [6.45, 7) is 0. The minimum absolute atomic E-state index is 0.577. The van der Waals surface area contributed by atoms with Crippen molar-refractivity contribution in [1.29, 1.82) is 0 Å². The number of hydrogen-bond acceptors (Lipinski definition) is 5. The lowest BCUT2D eigenvalue weighted by Gasteiger charge is -2.12. The van der Waals surface area contributed by atoms with Crippen LogP contribution in [0.4, 0.5) is 0 Å². The lowest BCUT2D eigenvalue weighted by atomic mass is 9.94. The molecular formula is C51H29N3O2. The fourth-order valence-electron chi connectivity index (χ4n) is 8.45. The fourth-order valence-corrected chi connectivity index (χ4v) is 8.45. The van der Waals surface area contributed by atoms with Crippen LogP contribution < -0.4 is 0 Å². The first kappa shape index (κ1) is 30.8. The maximum atomic E-state index is 6.82. The standard InChI is InChI=1S/C51H29N3O2/c1-2-12-32(13-3-1)49-52-50(35-24-23-31-22-21-30-11-6-7-16-36(30)41(31)28-35)54-51(53-49)40-26-25-38(48-47(40)39-17-8-9-19-43(39)56-48)37-18-10-20-44-46(37)42-27-33-14-4-5-15-34(33)29-45(42)55-44/h1-29H. The van der Waals surface area contributed by atoms with E-state index in [-0.39, 0.29) is 0 Å². The first-order valence-electron chi connectivity index (χ1n) is 18.8. The van der Waals surface area contributed by atoms with Crippen molar-refractivity contribution in [2.75, 3.05) is 0 Å². The van der Waals surface area contributed by atoms with Gasteiger partial charge in [-0.15, -0.1) is 0 Å². The normalized spacial score (nSPS) is 11.9. The first-order valence-corrected chi connectivity index (χ1v) is 18.8. The highest BCUT2D eigenvalue weighted by atomic mass is 16.3. The van der Waals surface area contributed by atoms with Crippen molar-refractivity contribution in [1.82, 2.24) is 15.0 Å². The summed E-state index contributed by atoms with van der Waals surface area (Å²) >= 11 is 0. The Balaban J connectivity index is 1.12. The van der Waals surface area contributed by atoms with Gasteiger partial charge in [0.1, 0.15) is 22.3 Å². The summed E-state index contributed by atoms with van der Waals surface area (Å²) in [4.78, 5) is 15.5. The van der Waals surface area contributed by atoms with E-state index in [2.05, 4.69) is 127 Å². The van der Waals surface area contributed by atoms with Gasteiger partial charge in [0.05, 0.1) is 0 Å². The molecule has 0 N–H and O–H groups in total. The van der Waals surface area contributed by atoms with Gasteiger partial charge in [-0.25, -0.2) is 15.0 Å². The highest BCUT2D eigenvalue weighted by molar-refractivity contribution is 6.21. The van der Waals surface area contributed by atoms with E-state index in [1.54, 1.807) is 0 Å². The van der Waals surface area contributed by atoms with Crippen molar-refractivity contribution >= 4 is 76.2 Å². The quantitative estimate of drug-likeness (QED) is 0.170. The van der Waals surface area contributed by atoms with Gasteiger partial charge in [-0.2, -0.15) is 0 Å². The fraction of sp³-hybridized carbons (Fsp3) is 0. The van der Waals surface area contributed by atoms with Crippen molar-refractivity contribution < 1.29 is 8.83 Å². The van der Waals surface area contributed by atoms with Gasteiger partial charge in [0, 0.05) is 43.8 Å². The molecule has 12 rings (SSSR count). The Labute approximate surface area is 320 Å². The number of para-hydroxylation sites is 1. The summed E-state index contributed by atoms with van der Waals surface area (Å²) in [7, 11) is 0. The minimum Gasteiger partial charge on any atom is -0.456 e. The Morgan fingerprint density at radius 3 is 1.80 bits per heavy atom. The maximum Gasteiger partial charge on any atom is 0.164 e. The third kappa shape index (κ3) is 4.71. The summed E-state index contributed by atoms with van der Waals surface area (Å²) in [6, 6.07) is 60.9. The number of rotatable bonds is 4. The van der Waals surface area contributed by atoms with Crippen LogP contribution in [0, 0.1) is 0 Å². The molecule has 0 spiro atoms. The molecule has 5 nitrogen and oxygen atoms in total. The van der Waals surface area contributed by atoms with Crippen LogP contribution in [-0.4, -0.2) is 15.0 Å². The van der Waals surface area contributed by atoms with Gasteiger partial charge < -0.3 is 8.83 Å². The van der Waals surface area contributed by atoms with Crippen LogP contribution in [0.3, 0.4) is 0 Å². The van der Waals surface area contributed by atoms with Gasteiger partial charge in [0.2, 0.25) is 0 Å². The molecule has 260 valence electrons. The second kappa shape index (κ2) is 11.9. The number of hydrogen-bond donors (Lipinski definition) is 0. The molecular weight excluding hydrogens is 687 g/mol. The molecule has 9 aromatic carbocycles. The van der Waals surface area contributed by atoms with Gasteiger partial charge in [-0.1, -0.05) is 133 Å². The van der Waals surface area contributed by atoms with Crippen molar-refractivity contribution in [3.63, 3.8) is 0 Å². The average molecular weight is 716 g/mol. The largest absolute Gasteiger partial charge is 0.456 e. The van der Waals surface area contributed by atoms with E-state index >= 15 is 0 Å². The topological polar surface area (TPSA) is 65.0 Å². The Morgan fingerprint density at radius 2 is 0.946 bits per heavy atom. The Hall–Kier alpha value is -7.63. The van der Waals surface area contributed by atoms with E-state index in [9.17, 15) is 0 Å². The van der Waals surface area contributed by atoms with E-state index in [1.165, 1.54) is 21.5 Å². The minimum atomic E-state index is 0.577. The highest BCUT2D eigenvalue weighted by Gasteiger charge is 2.23. The number of nitrogens with zero attached hydrogens (tertiary/aromatic N) is 3. The molecule has 0 saturated carbocycles. The van der Waals surface area contributed by atoms with Crippen LogP contribution in [0.15, 0.2) is 185 Å². The van der Waals surface area contributed by atoms with Gasteiger partial charge in [-0.3, -0.25) is 0 Å². The molecule has 0 atom stereocenters. The van der Waals surface area contributed by atoms with Crippen molar-refractivity contribution in [2.45, 2.75) is 0 Å². The van der Waals surface area contributed by atoms with Gasteiger partial charge in [-0.05, 0) is 80.3 Å². The molecule has 0 fully saturated rings. The van der Waals surface area contributed by atoms with Crippen LogP contribution in [0.5, 0.6) is 0 Å². The van der Waals surface area contributed by atoms with Crippen LogP contribution in [0.2, 0.25) is 0 Å². The molecule has 0 unspecified atom stereocenters. The predicted molar refractivity (Wildman–Crippen MR) is 229 cm³/mol. The number of benzene rings is 9. The van der Waals surface area contributed by atoms with Crippen molar-refractivity contribution in [3.05, 3.63) is 176 Å². The molecule has 0 amide bonds. The second-order valence-corrected chi connectivity index (χ2v) is 14.3. The molecule has 0 bridgehead atoms. The monoisotopic (exact) mass is 715 g/mol. The SMILES string of the molecule is c1ccc(-c2nc(-c3ccc4ccc5ccccc5c4c3)nc(-c3ccc(-c4cccc5oc6cc7ccccc7cc6c45)c4oc5ccccc5c34)n2)cc1. The molecule has 0 radical (unpaired) electrons. The van der Waals surface area contributed by atoms with Crippen molar-refractivity contribution in [3.8, 4) is 45.3 Å². The Morgan fingerprint density at radius 1 is 0.304 bits per heavy atom. The number of aromatic nitrogens is 3. The lowest BCUT2D eigenvalue weighted by Crippen LogP contribution is -2.00. The molecule has 3 aromatic heterocycles. The van der Waals surface area contributed by atoms with Crippen LogP contribution >= 0.6 is 0 Å². The summed E-state index contributed by atoms with van der Waals surface area (Å²) in [5, 5.41) is 11.1. The van der Waals surface area contributed by atoms with Crippen LogP contribution in [0.25, 0.3) is 121 Å². The highest BCUT2D eigenvalue weighted by Crippen LogP contribution is 2.45. The zero-order valence-corrected chi connectivity index (χ0v) is 29.9. The van der Waals surface area contributed by atoms with E-state index in [0.717, 1.165) is 82.5 Å². The molecule has 0 saturated heterocycles. The van der Waals surface area contributed by atoms with Crippen LogP contribution in [0.1, 0.15) is 0 Å². The number of furan rings is 2. The lowest BCUT2D eigenvalue weighted by molar-refractivity contribution is 0.669. The molecule has 12 aromatic rings. The number of fused-ring (bicyclic) bond motifs is 10. The third-order valence-corrected chi connectivity index (χ3v) is 11.1. The van der Waals surface area contributed by atoms with E-state index in [0.29, 0.717) is 17.5 Å². The molecule has 56 heavy (non-hydrogen) atoms. The summed E-state index contributed by atoms with van der Waals surface area (Å²) < 4.78 is 13.3. The maximum absolute atomic E-state index is 6.82. The van der Waals surface area contributed by atoms with Crippen LogP contribution in [-0.2, 0) is 0 Å². The second-order valence-electron chi connectivity index (χ2n) is 14.3. The summed E-state index contributed by atoms with van der Waals surface area (Å²) in [5.74, 6) is 1.79.